The van der Waals surface area contributed by atoms with Crippen molar-refractivity contribution in [2.45, 2.75) is 6.54 Å². The Morgan fingerprint density at radius 2 is 1.67 bits per heavy atom. The van der Waals surface area contributed by atoms with Crippen LogP contribution in [0.5, 0.6) is 5.75 Å². The van der Waals surface area contributed by atoms with Crippen LogP contribution >= 0.6 is 0 Å². The molecule has 0 aliphatic heterocycles. The monoisotopic (exact) mass is 175 g/mol. The molecule has 0 radical (unpaired) electrons. The number of rotatable bonds is 2. The van der Waals surface area contributed by atoms with Crippen molar-refractivity contribution in [3.05, 3.63) is 29.8 Å². The predicted molar refractivity (Wildman–Crippen MR) is 52.6 cm³/mol. The number of phenols is 1. The molecule has 0 aliphatic rings. The van der Waals surface area contributed by atoms with E-state index in [1.54, 1.807) is 12.1 Å². The molecule has 0 heterocycles. The molecule has 2 nitrogen and oxygen atoms in total. The molecule has 62 valence electrons. The average Bonchev–Trinajstić information content (AvgIpc) is 1.93. The number of hydrogen-bond donors (Lipinski definition) is 1. The zero-order valence-electron chi connectivity index (χ0n) is 6.91. The van der Waals surface area contributed by atoms with Gasteiger partial charge in [-0.2, -0.15) is 0 Å². The van der Waals surface area contributed by atoms with Gasteiger partial charge in [-0.25, -0.2) is 0 Å². The minimum atomic E-state index is 0. The average molecular weight is 175 g/mol. The Bertz CT molecular complexity index is 220. The summed E-state index contributed by atoms with van der Waals surface area (Å²) < 4.78 is 0. The first-order valence-corrected chi connectivity index (χ1v) is 3.61. The normalized spacial score (nSPS) is 9.58. The van der Waals surface area contributed by atoms with Crippen molar-refractivity contribution < 1.29 is 5.11 Å². The first-order valence-electron chi connectivity index (χ1n) is 3.61. The molecule has 1 aromatic rings. The van der Waals surface area contributed by atoms with Crippen molar-refractivity contribution in [1.82, 2.24) is 4.90 Å². The summed E-state index contributed by atoms with van der Waals surface area (Å²) in [5, 5.41) is 8.98. The zero-order valence-corrected chi connectivity index (χ0v) is 6.91. The number of nitrogens with zero attached hydrogens (tertiary/aromatic N) is 1. The van der Waals surface area contributed by atoms with Crippen LogP contribution < -0.4 is 0 Å². The molecular weight excluding hydrogens is 161 g/mol. The van der Waals surface area contributed by atoms with Crippen molar-refractivity contribution in [2.24, 2.45) is 0 Å². The summed E-state index contributed by atoms with van der Waals surface area (Å²) in [7, 11) is 4.04. The van der Waals surface area contributed by atoms with Gasteiger partial charge in [0.15, 0.2) is 0 Å². The summed E-state index contributed by atoms with van der Waals surface area (Å²) in [5.41, 5.74) is 1.22. The Balaban J connectivity index is 0.00000121. The third kappa shape index (κ3) is 4.12. The van der Waals surface area contributed by atoms with E-state index in [2.05, 4.69) is 4.90 Å². The van der Waals surface area contributed by atoms with Crippen molar-refractivity contribution in [3.63, 3.8) is 0 Å². The van der Waals surface area contributed by atoms with Crippen molar-refractivity contribution >= 4 is 29.6 Å². The van der Waals surface area contributed by atoms with Gasteiger partial charge < -0.3 is 10.0 Å². The fraction of sp³-hybridized carbons (Fsp3) is 0.333. The molecule has 0 unspecified atom stereocenters. The Morgan fingerprint density at radius 3 is 2.08 bits per heavy atom. The second-order valence-corrected chi connectivity index (χ2v) is 2.90. The van der Waals surface area contributed by atoms with Crippen LogP contribution in [0.2, 0.25) is 0 Å². The summed E-state index contributed by atoms with van der Waals surface area (Å²) in [6.45, 7) is 0.917. The van der Waals surface area contributed by atoms with Gasteiger partial charge in [0.05, 0.1) is 0 Å². The second kappa shape index (κ2) is 5.60. The van der Waals surface area contributed by atoms with Gasteiger partial charge in [-0.15, -0.1) is 0 Å². The second-order valence-electron chi connectivity index (χ2n) is 2.90. The molecule has 0 spiro atoms. The Kier molecular flexibility index (Phi) is 5.59. The fourth-order valence-corrected chi connectivity index (χ4v) is 0.967. The zero-order chi connectivity index (χ0) is 8.27. The quantitative estimate of drug-likeness (QED) is 0.672. The van der Waals surface area contributed by atoms with Crippen molar-refractivity contribution in [1.29, 1.82) is 0 Å². The standard InChI is InChI=1S/C9H13NO.Na.H/c1-10(2)7-8-3-5-9(11)6-4-8;;/h3-6,11H,7H2,1-2H3;;. The van der Waals surface area contributed by atoms with Crippen LogP contribution in [-0.2, 0) is 6.54 Å². The van der Waals surface area contributed by atoms with Crippen LogP contribution in [0.25, 0.3) is 0 Å². The van der Waals surface area contributed by atoms with Crippen LogP contribution in [0.3, 0.4) is 0 Å². The van der Waals surface area contributed by atoms with Gasteiger partial charge in [-0.3, -0.25) is 0 Å². The van der Waals surface area contributed by atoms with Crippen LogP contribution in [-0.4, -0.2) is 53.7 Å². The fourth-order valence-electron chi connectivity index (χ4n) is 0.967. The van der Waals surface area contributed by atoms with E-state index >= 15 is 0 Å². The maximum atomic E-state index is 8.98. The van der Waals surface area contributed by atoms with Gasteiger partial charge in [0.25, 0.3) is 0 Å². The number of hydrogen-bond acceptors (Lipinski definition) is 2. The summed E-state index contributed by atoms with van der Waals surface area (Å²) in [6.07, 6.45) is 0. The predicted octanol–water partition coefficient (Wildman–Crippen LogP) is 0.805. The van der Waals surface area contributed by atoms with Gasteiger partial charge in [-0.05, 0) is 31.8 Å². The van der Waals surface area contributed by atoms with Crippen molar-refractivity contribution in [3.8, 4) is 5.75 Å². The van der Waals surface area contributed by atoms with Gasteiger partial charge in [0, 0.05) is 6.54 Å². The van der Waals surface area contributed by atoms with Gasteiger partial charge >= 0.3 is 29.6 Å². The van der Waals surface area contributed by atoms with Crippen LogP contribution in [0.15, 0.2) is 24.3 Å². The van der Waals surface area contributed by atoms with Crippen LogP contribution in [0, 0.1) is 0 Å². The van der Waals surface area contributed by atoms with Crippen LogP contribution in [0.1, 0.15) is 5.56 Å². The van der Waals surface area contributed by atoms with E-state index in [1.165, 1.54) is 5.56 Å². The first kappa shape index (κ1) is 12.0. The molecule has 0 saturated carbocycles. The Labute approximate surface area is 95.5 Å². The summed E-state index contributed by atoms with van der Waals surface area (Å²) >= 11 is 0. The molecule has 0 amide bonds. The van der Waals surface area contributed by atoms with Crippen LogP contribution in [0.4, 0.5) is 0 Å². The Hall–Kier alpha value is -0.0200. The Morgan fingerprint density at radius 1 is 1.17 bits per heavy atom. The van der Waals surface area contributed by atoms with Gasteiger partial charge in [0.2, 0.25) is 0 Å². The SMILES string of the molecule is CN(C)Cc1ccc(O)cc1.[NaH]. The minimum absolute atomic E-state index is 0. The summed E-state index contributed by atoms with van der Waals surface area (Å²) in [4.78, 5) is 2.09. The number of aromatic hydroxyl groups is 1. The number of phenolic OH excluding ortho intramolecular Hbond substituents is 1. The molecule has 1 aromatic carbocycles. The molecule has 12 heavy (non-hydrogen) atoms. The molecule has 0 atom stereocenters. The third-order valence-electron chi connectivity index (χ3n) is 1.44. The third-order valence-corrected chi connectivity index (χ3v) is 1.44. The van der Waals surface area contributed by atoms with Gasteiger partial charge in [-0.1, -0.05) is 12.1 Å². The molecule has 1 N–H and O–H groups in total. The van der Waals surface area contributed by atoms with E-state index in [0.29, 0.717) is 5.75 Å². The first-order chi connectivity index (χ1) is 5.18. The molecular formula is C9H14NNaO. The summed E-state index contributed by atoms with van der Waals surface area (Å²) in [6, 6.07) is 7.27. The molecule has 0 aliphatic carbocycles. The van der Waals surface area contributed by atoms with E-state index in [0.717, 1.165) is 6.54 Å². The van der Waals surface area contributed by atoms with E-state index in [1.807, 2.05) is 26.2 Å². The number of benzene rings is 1. The van der Waals surface area contributed by atoms with E-state index < -0.39 is 0 Å². The molecule has 0 aromatic heterocycles. The topological polar surface area (TPSA) is 23.5 Å². The van der Waals surface area contributed by atoms with Gasteiger partial charge in [0.1, 0.15) is 5.75 Å². The van der Waals surface area contributed by atoms with E-state index in [4.69, 9.17) is 5.11 Å². The molecule has 3 heteroatoms. The van der Waals surface area contributed by atoms with E-state index in [-0.39, 0.29) is 29.6 Å². The molecule has 0 bridgehead atoms. The molecule has 1 rings (SSSR count). The maximum absolute atomic E-state index is 8.98. The molecule has 0 saturated heterocycles. The molecule has 0 fully saturated rings. The van der Waals surface area contributed by atoms with E-state index in [9.17, 15) is 0 Å². The van der Waals surface area contributed by atoms with Crippen molar-refractivity contribution in [2.75, 3.05) is 14.1 Å². The summed E-state index contributed by atoms with van der Waals surface area (Å²) in [5.74, 6) is 0.326.